The van der Waals surface area contributed by atoms with Crippen LogP contribution in [0.2, 0.25) is 0 Å². The smallest absolute Gasteiger partial charge is 0.337 e. The first-order valence-electron chi connectivity index (χ1n) is 9.27. The van der Waals surface area contributed by atoms with Gasteiger partial charge in [-0.25, -0.2) is 9.48 Å². The fourth-order valence-electron chi connectivity index (χ4n) is 2.97. The van der Waals surface area contributed by atoms with Gasteiger partial charge in [0.05, 0.1) is 24.6 Å². The quantitative estimate of drug-likeness (QED) is 0.347. The molecule has 0 saturated carbocycles. The Morgan fingerprint density at radius 2 is 1.97 bits per heavy atom. The van der Waals surface area contributed by atoms with Gasteiger partial charge in [0.2, 0.25) is 0 Å². The molecule has 0 aliphatic carbocycles. The number of hydrogen-bond donors (Lipinski definition) is 0. The average Bonchev–Trinajstić information content (AvgIpc) is 3.43. The predicted molar refractivity (Wildman–Crippen MR) is 113 cm³/mol. The van der Waals surface area contributed by atoms with Gasteiger partial charge >= 0.3 is 5.97 Å². The lowest BCUT2D eigenvalue weighted by molar-refractivity contribution is 0.0601. The molecular formula is C21H20N6O2S. The van der Waals surface area contributed by atoms with Crippen molar-refractivity contribution < 1.29 is 9.53 Å². The van der Waals surface area contributed by atoms with Gasteiger partial charge in [-0.1, -0.05) is 41.2 Å². The molecule has 0 amide bonds. The summed E-state index contributed by atoms with van der Waals surface area (Å²) < 4.78 is 8.42. The topological polar surface area (TPSA) is 87.7 Å². The lowest BCUT2D eigenvalue weighted by Gasteiger charge is -2.12. The summed E-state index contributed by atoms with van der Waals surface area (Å²) in [4.78, 5) is 11.8. The Morgan fingerprint density at radius 3 is 2.73 bits per heavy atom. The molecule has 4 rings (SSSR count). The van der Waals surface area contributed by atoms with Crippen LogP contribution < -0.4 is 0 Å². The van der Waals surface area contributed by atoms with Crippen LogP contribution in [-0.4, -0.2) is 42.8 Å². The molecule has 8 nitrogen and oxygen atoms in total. The molecule has 152 valence electrons. The number of nitrogens with zero attached hydrogens (tertiary/aromatic N) is 6. The standard InChI is InChI=1S/C21H20N6O2S/c1-14(30-21-24-22-13-26(21)2)15-6-5-9-18(11-15)27-12-19(23-25-27)16-7-4-8-17(10-16)20(28)29-3/h4-14H,1-3H3/t14-/m0/s1. The Kier molecular flexibility index (Phi) is 5.62. The highest BCUT2D eigenvalue weighted by atomic mass is 32.2. The maximum Gasteiger partial charge on any atom is 0.337 e. The second-order valence-electron chi connectivity index (χ2n) is 6.70. The Balaban J connectivity index is 1.57. The van der Waals surface area contributed by atoms with Gasteiger partial charge in [0, 0.05) is 17.9 Å². The molecule has 0 bridgehead atoms. The fourth-order valence-corrected chi connectivity index (χ4v) is 3.88. The monoisotopic (exact) mass is 420 g/mol. The van der Waals surface area contributed by atoms with E-state index in [1.165, 1.54) is 7.11 Å². The van der Waals surface area contributed by atoms with Crippen molar-refractivity contribution in [3.63, 3.8) is 0 Å². The van der Waals surface area contributed by atoms with E-state index in [0.29, 0.717) is 11.3 Å². The molecule has 0 spiro atoms. The van der Waals surface area contributed by atoms with Crippen LogP contribution in [0.15, 0.2) is 66.2 Å². The maximum absolute atomic E-state index is 11.8. The van der Waals surface area contributed by atoms with Crippen LogP contribution in [0, 0.1) is 0 Å². The second-order valence-corrected chi connectivity index (χ2v) is 8.01. The molecule has 1 atom stereocenters. The third kappa shape index (κ3) is 4.11. The molecule has 2 aromatic carbocycles. The number of thioether (sulfide) groups is 1. The van der Waals surface area contributed by atoms with Gasteiger partial charge in [-0.2, -0.15) is 0 Å². The minimum atomic E-state index is -0.383. The fraction of sp³-hybridized carbons (Fsp3) is 0.190. The van der Waals surface area contributed by atoms with Crippen molar-refractivity contribution in [1.29, 1.82) is 0 Å². The number of carbonyl (C=O) groups excluding carboxylic acids is 1. The summed E-state index contributed by atoms with van der Waals surface area (Å²) in [6.07, 6.45) is 3.54. The summed E-state index contributed by atoms with van der Waals surface area (Å²) in [6.45, 7) is 2.13. The van der Waals surface area contributed by atoms with Crippen LogP contribution >= 0.6 is 11.8 Å². The van der Waals surface area contributed by atoms with E-state index in [1.54, 1.807) is 41.0 Å². The van der Waals surface area contributed by atoms with Crippen molar-refractivity contribution in [2.24, 2.45) is 7.05 Å². The number of esters is 1. The highest BCUT2D eigenvalue weighted by Gasteiger charge is 2.14. The molecule has 0 aliphatic heterocycles. The second kappa shape index (κ2) is 8.50. The first-order valence-corrected chi connectivity index (χ1v) is 10.1. The first kappa shape index (κ1) is 19.8. The van der Waals surface area contributed by atoms with Crippen LogP contribution in [0.4, 0.5) is 0 Å². The minimum absolute atomic E-state index is 0.188. The zero-order valence-electron chi connectivity index (χ0n) is 16.8. The van der Waals surface area contributed by atoms with E-state index in [4.69, 9.17) is 4.74 Å². The van der Waals surface area contributed by atoms with E-state index in [1.807, 2.05) is 36.0 Å². The molecule has 0 N–H and O–H groups in total. The summed E-state index contributed by atoms with van der Waals surface area (Å²) >= 11 is 1.64. The number of aromatic nitrogens is 6. The number of rotatable bonds is 6. The van der Waals surface area contributed by atoms with Gasteiger partial charge in [0.15, 0.2) is 5.16 Å². The highest BCUT2D eigenvalue weighted by Crippen LogP contribution is 2.34. The van der Waals surface area contributed by atoms with Crippen molar-refractivity contribution in [1.82, 2.24) is 29.8 Å². The lowest BCUT2D eigenvalue weighted by atomic mass is 10.1. The maximum atomic E-state index is 11.8. The molecule has 0 aliphatic rings. The van der Waals surface area contributed by atoms with Gasteiger partial charge in [0.25, 0.3) is 0 Å². The number of benzene rings is 2. The molecular weight excluding hydrogens is 400 g/mol. The zero-order valence-corrected chi connectivity index (χ0v) is 17.6. The Hall–Kier alpha value is -3.46. The number of ether oxygens (including phenoxy) is 1. The molecule has 0 radical (unpaired) electrons. The van der Waals surface area contributed by atoms with Crippen LogP contribution in [0.3, 0.4) is 0 Å². The van der Waals surface area contributed by atoms with E-state index in [0.717, 1.165) is 22.0 Å². The van der Waals surface area contributed by atoms with E-state index < -0.39 is 0 Å². The van der Waals surface area contributed by atoms with Crippen molar-refractivity contribution in [2.75, 3.05) is 7.11 Å². The lowest BCUT2D eigenvalue weighted by Crippen LogP contribution is -2.00. The number of methoxy groups -OCH3 is 1. The van der Waals surface area contributed by atoms with Crippen molar-refractivity contribution in [3.8, 4) is 16.9 Å². The van der Waals surface area contributed by atoms with E-state index >= 15 is 0 Å². The van der Waals surface area contributed by atoms with Crippen molar-refractivity contribution in [3.05, 3.63) is 72.2 Å². The number of carbonyl (C=O) groups is 1. The first-order chi connectivity index (χ1) is 14.5. The van der Waals surface area contributed by atoms with E-state index in [-0.39, 0.29) is 11.2 Å². The van der Waals surface area contributed by atoms with Crippen LogP contribution in [0.25, 0.3) is 16.9 Å². The molecule has 9 heteroatoms. The summed E-state index contributed by atoms with van der Waals surface area (Å²) in [5, 5.41) is 17.7. The third-order valence-corrected chi connectivity index (χ3v) is 5.84. The number of hydrogen-bond acceptors (Lipinski definition) is 7. The SMILES string of the molecule is COC(=O)c1cccc(-c2cn(-c3cccc([C@H](C)Sc4nncn4C)c3)nn2)c1. The zero-order chi connectivity index (χ0) is 21.1. The van der Waals surface area contributed by atoms with Gasteiger partial charge in [-0.15, -0.1) is 15.3 Å². The molecule has 0 fully saturated rings. The third-order valence-electron chi connectivity index (χ3n) is 4.63. The largest absolute Gasteiger partial charge is 0.465 e. The van der Waals surface area contributed by atoms with Gasteiger partial charge in [-0.3, -0.25) is 0 Å². The molecule has 0 saturated heterocycles. The molecule has 4 aromatic rings. The molecule has 2 aromatic heterocycles. The normalized spacial score (nSPS) is 12.0. The van der Waals surface area contributed by atoms with Gasteiger partial charge in [-0.05, 0) is 36.8 Å². The average molecular weight is 420 g/mol. The van der Waals surface area contributed by atoms with E-state index in [2.05, 4.69) is 39.6 Å². The predicted octanol–water partition coefficient (Wildman–Crippen LogP) is 3.70. The van der Waals surface area contributed by atoms with Crippen LogP contribution in [0.5, 0.6) is 0 Å². The Morgan fingerprint density at radius 1 is 1.13 bits per heavy atom. The summed E-state index contributed by atoms with van der Waals surface area (Å²) in [5.74, 6) is -0.383. The summed E-state index contributed by atoms with van der Waals surface area (Å²) in [6, 6.07) is 15.3. The number of aryl methyl sites for hydroxylation is 1. The Labute approximate surface area is 177 Å². The Bertz CT molecular complexity index is 1190. The van der Waals surface area contributed by atoms with Crippen LogP contribution in [-0.2, 0) is 11.8 Å². The minimum Gasteiger partial charge on any atom is -0.465 e. The van der Waals surface area contributed by atoms with Crippen molar-refractivity contribution >= 4 is 17.7 Å². The molecule has 2 heterocycles. The summed E-state index contributed by atoms with van der Waals surface area (Å²) in [7, 11) is 3.29. The summed E-state index contributed by atoms with van der Waals surface area (Å²) in [5.41, 5.74) is 3.99. The molecule has 0 unspecified atom stereocenters. The van der Waals surface area contributed by atoms with Gasteiger partial charge < -0.3 is 9.30 Å². The van der Waals surface area contributed by atoms with Gasteiger partial charge in [0.1, 0.15) is 12.0 Å². The highest BCUT2D eigenvalue weighted by molar-refractivity contribution is 7.99. The van der Waals surface area contributed by atoms with Crippen molar-refractivity contribution in [2.45, 2.75) is 17.3 Å². The van der Waals surface area contributed by atoms with E-state index in [9.17, 15) is 4.79 Å². The molecule has 30 heavy (non-hydrogen) atoms. The van der Waals surface area contributed by atoms with Crippen LogP contribution in [0.1, 0.15) is 28.1 Å².